The summed E-state index contributed by atoms with van der Waals surface area (Å²) in [7, 11) is 0. The van der Waals surface area contributed by atoms with Crippen molar-refractivity contribution in [1.29, 1.82) is 0 Å². The van der Waals surface area contributed by atoms with E-state index in [0.717, 1.165) is 12.8 Å². The Hall–Kier alpha value is -1.94. The van der Waals surface area contributed by atoms with Crippen molar-refractivity contribution in [3.8, 4) is 0 Å². The number of aryl methyl sites for hydroxylation is 1. The number of benzene rings is 1. The lowest BCUT2D eigenvalue weighted by atomic mass is 10.1. The lowest BCUT2D eigenvalue weighted by Crippen LogP contribution is -2.25. The number of carbonyl (C=O) groups is 1. The van der Waals surface area contributed by atoms with Crippen LogP contribution >= 0.6 is 11.6 Å². The summed E-state index contributed by atoms with van der Waals surface area (Å²) >= 11 is 5.68. The molecule has 0 aliphatic heterocycles. The van der Waals surface area contributed by atoms with Gasteiger partial charge in [0, 0.05) is 6.54 Å². The molecule has 2 rings (SSSR count). The van der Waals surface area contributed by atoms with Crippen molar-refractivity contribution in [2.24, 2.45) is 0 Å². The van der Waals surface area contributed by atoms with Gasteiger partial charge in [0.2, 0.25) is 0 Å². The maximum absolute atomic E-state index is 11.7. The van der Waals surface area contributed by atoms with Gasteiger partial charge in [0.05, 0.1) is 12.4 Å². The summed E-state index contributed by atoms with van der Waals surface area (Å²) in [6.07, 6.45) is 4.61. The Balaban J connectivity index is 1.75. The number of aromatic nitrogens is 2. The van der Waals surface area contributed by atoms with Crippen LogP contribution in [0, 0.1) is 0 Å². The molecule has 19 heavy (non-hydrogen) atoms. The Bertz CT molecular complexity index is 545. The molecule has 0 radical (unpaired) electrons. The molecule has 0 unspecified atom stereocenters. The van der Waals surface area contributed by atoms with Crippen molar-refractivity contribution >= 4 is 17.5 Å². The summed E-state index contributed by atoms with van der Waals surface area (Å²) in [5.74, 6) is -0.247. The fraction of sp³-hybridized carbons (Fsp3) is 0.214. The third kappa shape index (κ3) is 4.34. The smallest absolute Gasteiger partial charge is 0.271 e. The molecule has 1 aromatic carbocycles. The highest BCUT2D eigenvalue weighted by Crippen LogP contribution is 2.03. The second-order valence-corrected chi connectivity index (χ2v) is 4.46. The molecule has 2 aromatic rings. The maximum atomic E-state index is 11.7. The van der Waals surface area contributed by atoms with E-state index in [4.69, 9.17) is 11.6 Å². The monoisotopic (exact) mass is 275 g/mol. The van der Waals surface area contributed by atoms with Gasteiger partial charge in [-0.05, 0) is 18.4 Å². The number of halogens is 1. The number of nitrogens with zero attached hydrogens (tertiary/aromatic N) is 2. The van der Waals surface area contributed by atoms with E-state index in [1.807, 2.05) is 18.2 Å². The van der Waals surface area contributed by atoms with Gasteiger partial charge in [-0.2, -0.15) is 0 Å². The van der Waals surface area contributed by atoms with Crippen LogP contribution in [0.3, 0.4) is 0 Å². The van der Waals surface area contributed by atoms with E-state index in [-0.39, 0.29) is 16.8 Å². The minimum absolute atomic E-state index is 0.219. The first kappa shape index (κ1) is 13.5. The normalized spacial score (nSPS) is 10.2. The molecule has 4 nitrogen and oxygen atoms in total. The van der Waals surface area contributed by atoms with E-state index in [9.17, 15) is 4.79 Å². The highest BCUT2D eigenvalue weighted by Gasteiger charge is 2.07. The summed E-state index contributed by atoms with van der Waals surface area (Å²) in [6.45, 7) is 0.599. The Morgan fingerprint density at radius 3 is 2.74 bits per heavy atom. The molecule has 5 heteroatoms. The van der Waals surface area contributed by atoms with Gasteiger partial charge in [0.25, 0.3) is 5.91 Å². The summed E-state index contributed by atoms with van der Waals surface area (Å²) in [6, 6.07) is 10.2. The van der Waals surface area contributed by atoms with Gasteiger partial charge in [-0.15, -0.1) is 0 Å². The molecular formula is C14H14ClN3O. The number of hydrogen-bond acceptors (Lipinski definition) is 3. The van der Waals surface area contributed by atoms with Crippen LogP contribution in [0.2, 0.25) is 5.15 Å². The minimum atomic E-state index is -0.247. The third-order valence-corrected chi connectivity index (χ3v) is 2.79. The SMILES string of the molecule is O=C(NCCCc1ccccc1)c1cncc(Cl)n1. The predicted octanol–water partition coefficient (Wildman–Crippen LogP) is 2.49. The van der Waals surface area contributed by atoms with Crippen molar-refractivity contribution in [3.05, 3.63) is 59.1 Å². The highest BCUT2D eigenvalue weighted by molar-refractivity contribution is 6.29. The standard InChI is InChI=1S/C14H14ClN3O/c15-13-10-16-9-12(18-13)14(19)17-8-4-7-11-5-2-1-3-6-11/h1-3,5-6,9-10H,4,7-8H2,(H,17,19). The van der Waals surface area contributed by atoms with Gasteiger partial charge >= 0.3 is 0 Å². The van der Waals surface area contributed by atoms with Gasteiger partial charge in [0.15, 0.2) is 0 Å². The van der Waals surface area contributed by atoms with E-state index >= 15 is 0 Å². The second-order valence-electron chi connectivity index (χ2n) is 4.07. The molecule has 1 heterocycles. The Morgan fingerprint density at radius 2 is 2.00 bits per heavy atom. The largest absolute Gasteiger partial charge is 0.351 e. The first-order valence-corrected chi connectivity index (χ1v) is 6.43. The zero-order chi connectivity index (χ0) is 13.5. The van der Waals surface area contributed by atoms with Crippen molar-refractivity contribution in [3.63, 3.8) is 0 Å². The lowest BCUT2D eigenvalue weighted by Gasteiger charge is -2.04. The Morgan fingerprint density at radius 1 is 1.21 bits per heavy atom. The highest BCUT2D eigenvalue weighted by atomic mass is 35.5. The number of rotatable bonds is 5. The van der Waals surface area contributed by atoms with Crippen LogP contribution in [0.5, 0.6) is 0 Å². The van der Waals surface area contributed by atoms with E-state index < -0.39 is 0 Å². The molecule has 0 aliphatic rings. The maximum Gasteiger partial charge on any atom is 0.271 e. The van der Waals surface area contributed by atoms with Crippen LogP contribution in [0.4, 0.5) is 0 Å². The molecule has 1 amide bonds. The molecule has 0 saturated heterocycles. The average molecular weight is 276 g/mol. The number of hydrogen-bond donors (Lipinski definition) is 1. The quantitative estimate of drug-likeness (QED) is 0.853. The van der Waals surface area contributed by atoms with Crippen molar-refractivity contribution in [2.45, 2.75) is 12.8 Å². The molecule has 1 N–H and O–H groups in total. The van der Waals surface area contributed by atoms with Crippen LogP contribution in [-0.2, 0) is 6.42 Å². The zero-order valence-corrected chi connectivity index (χ0v) is 11.1. The fourth-order valence-corrected chi connectivity index (χ4v) is 1.83. The van der Waals surface area contributed by atoms with E-state index in [1.54, 1.807) is 0 Å². The van der Waals surface area contributed by atoms with Crippen LogP contribution in [0.25, 0.3) is 0 Å². The molecule has 1 aromatic heterocycles. The fourth-order valence-electron chi connectivity index (χ4n) is 1.68. The first-order chi connectivity index (χ1) is 9.25. The van der Waals surface area contributed by atoms with E-state index in [0.29, 0.717) is 6.54 Å². The second kappa shape index (κ2) is 6.85. The molecule has 0 fully saturated rings. The summed E-state index contributed by atoms with van der Waals surface area (Å²) in [5, 5.41) is 3.02. The van der Waals surface area contributed by atoms with Crippen LogP contribution in [0.15, 0.2) is 42.7 Å². The third-order valence-electron chi connectivity index (χ3n) is 2.61. The summed E-state index contributed by atoms with van der Waals surface area (Å²) in [4.78, 5) is 19.5. The van der Waals surface area contributed by atoms with Gasteiger partial charge in [-0.1, -0.05) is 41.9 Å². The summed E-state index contributed by atoms with van der Waals surface area (Å²) in [5.41, 5.74) is 1.51. The van der Waals surface area contributed by atoms with Crippen LogP contribution in [-0.4, -0.2) is 22.4 Å². The minimum Gasteiger partial charge on any atom is -0.351 e. The Kier molecular flexibility index (Phi) is 4.86. The topological polar surface area (TPSA) is 54.9 Å². The predicted molar refractivity (Wildman–Crippen MR) is 74.1 cm³/mol. The number of amides is 1. The summed E-state index contributed by atoms with van der Waals surface area (Å²) < 4.78 is 0. The molecule has 0 saturated carbocycles. The average Bonchev–Trinajstić information content (AvgIpc) is 2.44. The van der Waals surface area contributed by atoms with E-state index in [2.05, 4.69) is 27.4 Å². The number of nitrogens with one attached hydrogen (secondary N) is 1. The molecule has 98 valence electrons. The lowest BCUT2D eigenvalue weighted by molar-refractivity contribution is 0.0948. The van der Waals surface area contributed by atoms with Crippen molar-refractivity contribution < 1.29 is 4.79 Å². The Labute approximate surface area is 116 Å². The molecule has 0 atom stereocenters. The first-order valence-electron chi connectivity index (χ1n) is 6.05. The molecule has 0 bridgehead atoms. The van der Waals surface area contributed by atoms with Crippen LogP contribution in [0.1, 0.15) is 22.5 Å². The van der Waals surface area contributed by atoms with Crippen LogP contribution < -0.4 is 5.32 Å². The van der Waals surface area contributed by atoms with Crippen molar-refractivity contribution in [2.75, 3.05) is 6.54 Å². The van der Waals surface area contributed by atoms with Gasteiger partial charge < -0.3 is 5.32 Å². The molecular weight excluding hydrogens is 262 g/mol. The molecule has 0 aliphatic carbocycles. The number of carbonyl (C=O) groups excluding carboxylic acids is 1. The van der Waals surface area contributed by atoms with Gasteiger partial charge in [-0.3, -0.25) is 9.78 Å². The van der Waals surface area contributed by atoms with Gasteiger partial charge in [0.1, 0.15) is 10.8 Å². The van der Waals surface area contributed by atoms with E-state index in [1.165, 1.54) is 18.0 Å². The van der Waals surface area contributed by atoms with Gasteiger partial charge in [-0.25, -0.2) is 4.98 Å². The van der Waals surface area contributed by atoms with Crippen molar-refractivity contribution in [1.82, 2.24) is 15.3 Å². The molecule has 0 spiro atoms. The zero-order valence-electron chi connectivity index (χ0n) is 10.3.